The van der Waals surface area contributed by atoms with Crippen molar-refractivity contribution in [3.63, 3.8) is 0 Å². The van der Waals surface area contributed by atoms with Crippen LogP contribution in [0.2, 0.25) is 0 Å². The molecule has 154 valence electrons. The number of nitrogens with one attached hydrogen (secondary N) is 1. The number of H-pyrrole nitrogens is 1. The van der Waals surface area contributed by atoms with Crippen molar-refractivity contribution in [3.05, 3.63) is 59.2 Å². The minimum atomic E-state index is 0.479. The van der Waals surface area contributed by atoms with Crippen LogP contribution >= 0.6 is 0 Å². The Hall–Kier alpha value is -2.80. The molecule has 0 unspecified atom stereocenters. The molecule has 3 heterocycles. The fourth-order valence-corrected chi connectivity index (χ4v) is 3.88. The quantitative estimate of drug-likeness (QED) is 0.635. The summed E-state index contributed by atoms with van der Waals surface area (Å²) in [6, 6.07) is 9.91. The second-order valence-electron chi connectivity index (χ2n) is 7.67. The van der Waals surface area contributed by atoms with Crippen LogP contribution in [0.4, 0.5) is 0 Å². The van der Waals surface area contributed by atoms with Crippen LogP contribution in [0.3, 0.4) is 0 Å². The topological polar surface area (TPSA) is 68.2 Å². The van der Waals surface area contributed by atoms with E-state index in [0.717, 1.165) is 55.4 Å². The number of methoxy groups -OCH3 is 1. The molecule has 3 aromatic rings. The van der Waals surface area contributed by atoms with Crippen molar-refractivity contribution < 1.29 is 9.47 Å². The van der Waals surface area contributed by atoms with Crippen molar-refractivity contribution >= 4 is 0 Å². The smallest absolute Gasteiger partial charge is 0.161 e. The van der Waals surface area contributed by atoms with Gasteiger partial charge in [0.1, 0.15) is 0 Å². The molecule has 7 heteroatoms. The summed E-state index contributed by atoms with van der Waals surface area (Å²) in [7, 11) is 3.65. The lowest BCUT2D eigenvalue weighted by molar-refractivity contribution is 0.296. The lowest BCUT2D eigenvalue weighted by atomic mass is 10.0. The van der Waals surface area contributed by atoms with Gasteiger partial charge in [0.05, 0.1) is 25.6 Å². The Kier molecular flexibility index (Phi) is 5.85. The SMILES string of the molecule is COc1ccccc1OCCc1cc([C@H]2CCN(Cc3cnn(C)c3C)C2)n[nH]1. The van der Waals surface area contributed by atoms with Gasteiger partial charge in [0.25, 0.3) is 0 Å². The third-order valence-electron chi connectivity index (χ3n) is 5.77. The Bertz CT molecular complexity index is 948. The van der Waals surface area contributed by atoms with Crippen LogP contribution < -0.4 is 9.47 Å². The molecule has 1 fully saturated rings. The predicted octanol–water partition coefficient (Wildman–Crippen LogP) is 3.07. The van der Waals surface area contributed by atoms with Crippen LogP contribution in [0.25, 0.3) is 0 Å². The minimum absolute atomic E-state index is 0.479. The minimum Gasteiger partial charge on any atom is -0.493 e. The predicted molar refractivity (Wildman–Crippen MR) is 111 cm³/mol. The molecule has 1 saturated heterocycles. The Labute approximate surface area is 171 Å². The highest BCUT2D eigenvalue weighted by Crippen LogP contribution is 2.28. The lowest BCUT2D eigenvalue weighted by Crippen LogP contribution is -2.20. The molecule has 0 amide bonds. The molecule has 0 spiro atoms. The number of hydrogen-bond donors (Lipinski definition) is 1. The number of hydrogen-bond acceptors (Lipinski definition) is 5. The highest BCUT2D eigenvalue weighted by molar-refractivity contribution is 5.39. The lowest BCUT2D eigenvalue weighted by Gasteiger charge is -2.15. The molecule has 0 aliphatic carbocycles. The number of likely N-dealkylation sites (tertiary alicyclic amines) is 1. The summed E-state index contributed by atoms with van der Waals surface area (Å²) in [6.45, 7) is 5.80. The molecular formula is C22H29N5O2. The van der Waals surface area contributed by atoms with Gasteiger partial charge in [-0.25, -0.2) is 0 Å². The summed E-state index contributed by atoms with van der Waals surface area (Å²) in [5, 5.41) is 12.1. The molecule has 0 bridgehead atoms. The fourth-order valence-electron chi connectivity index (χ4n) is 3.88. The molecule has 4 rings (SSSR count). The van der Waals surface area contributed by atoms with E-state index in [1.807, 2.05) is 42.2 Å². The Balaban J connectivity index is 1.28. The summed E-state index contributed by atoms with van der Waals surface area (Å²) in [6.07, 6.45) is 3.91. The molecular weight excluding hydrogens is 366 g/mol. The average Bonchev–Trinajstić information content (AvgIpc) is 3.46. The van der Waals surface area contributed by atoms with Gasteiger partial charge < -0.3 is 9.47 Å². The number of rotatable bonds is 8. The third-order valence-corrected chi connectivity index (χ3v) is 5.77. The number of aromatic amines is 1. The van der Waals surface area contributed by atoms with E-state index in [-0.39, 0.29) is 0 Å². The first-order chi connectivity index (χ1) is 14.1. The molecule has 1 aliphatic heterocycles. The van der Waals surface area contributed by atoms with Crippen LogP contribution in [-0.4, -0.2) is 51.7 Å². The summed E-state index contributed by atoms with van der Waals surface area (Å²) in [5.41, 5.74) is 4.81. The Morgan fingerprint density at radius 2 is 2.07 bits per heavy atom. The van der Waals surface area contributed by atoms with Gasteiger partial charge in [-0.2, -0.15) is 10.2 Å². The maximum Gasteiger partial charge on any atom is 0.161 e. The van der Waals surface area contributed by atoms with E-state index in [4.69, 9.17) is 9.47 Å². The molecule has 1 N–H and O–H groups in total. The van der Waals surface area contributed by atoms with Gasteiger partial charge in [-0.1, -0.05) is 12.1 Å². The molecule has 2 aromatic heterocycles. The first-order valence-electron chi connectivity index (χ1n) is 10.1. The first kappa shape index (κ1) is 19.5. The van der Waals surface area contributed by atoms with Gasteiger partial charge in [0.15, 0.2) is 11.5 Å². The van der Waals surface area contributed by atoms with Gasteiger partial charge >= 0.3 is 0 Å². The zero-order chi connectivity index (χ0) is 20.2. The van der Waals surface area contributed by atoms with Crippen molar-refractivity contribution in [1.29, 1.82) is 0 Å². The van der Waals surface area contributed by atoms with Gasteiger partial charge in [0.2, 0.25) is 0 Å². The normalized spacial score (nSPS) is 17.0. The van der Waals surface area contributed by atoms with Gasteiger partial charge in [-0.05, 0) is 38.1 Å². The van der Waals surface area contributed by atoms with E-state index in [9.17, 15) is 0 Å². The van der Waals surface area contributed by atoms with Crippen LogP contribution in [-0.2, 0) is 20.0 Å². The zero-order valence-electron chi connectivity index (χ0n) is 17.4. The summed E-state index contributed by atoms with van der Waals surface area (Å²) < 4.78 is 13.1. The third kappa shape index (κ3) is 4.45. The Morgan fingerprint density at radius 3 is 2.83 bits per heavy atom. The molecule has 1 aliphatic rings. The van der Waals surface area contributed by atoms with Crippen LogP contribution in [0.5, 0.6) is 11.5 Å². The maximum atomic E-state index is 5.87. The van der Waals surface area contributed by atoms with E-state index in [1.165, 1.54) is 11.3 Å². The first-order valence-corrected chi connectivity index (χ1v) is 10.1. The molecule has 0 radical (unpaired) electrons. The summed E-state index contributed by atoms with van der Waals surface area (Å²) in [5.74, 6) is 2.01. The van der Waals surface area contributed by atoms with Crippen molar-refractivity contribution in [2.24, 2.45) is 7.05 Å². The molecule has 29 heavy (non-hydrogen) atoms. The molecule has 1 atom stereocenters. The van der Waals surface area contributed by atoms with E-state index < -0.39 is 0 Å². The number of aryl methyl sites for hydroxylation is 1. The fraction of sp³-hybridized carbons (Fsp3) is 0.455. The van der Waals surface area contributed by atoms with E-state index in [1.54, 1.807) is 7.11 Å². The standard InChI is InChI=1S/C22H29N5O2/c1-16-18(13-23-26(16)2)15-27-10-8-17(14-27)20-12-19(24-25-20)9-11-29-22-7-5-4-6-21(22)28-3/h4-7,12-13,17H,8-11,14-15H2,1-3H3,(H,24,25)/t17-/m0/s1. The van der Waals surface area contributed by atoms with Crippen LogP contribution in [0.1, 0.15) is 35.0 Å². The molecule has 1 aromatic carbocycles. The van der Waals surface area contributed by atoms with Crippen molar-refractivity contribution in [2.45, 2.75) is 32.2 Å². The zero-order valence-corrected chi connectivity index (χ0v) is 17.4. The largest absolute Gasteiger partial charge is 0.493 e. The number of para-hydroxylation sites is 2. The maximum absolute atomic E-state index is 5.87. The number of nitrogens with zero attached hydrogens (tertiary/aromatic N) is 4. The average molecular weight is 396 g/mol. The molecule has 7 nitrogen and oxygen atoms in total. The van der Waals surface area contributed by atoms with Crippen molar-refractivity contribution in [3.8, 4) is 11.5 Å². The Morgan fingerprint density at radius 1 is 1.24 bits per heavy atom. The number of aromatic nitrogens is 4. The number of ether oxygens (including phenoxy) is 2. The van der Waals surface area contributed by atoms with Gasteiger partial charge in [0, 0.05) is 49.4 Å². The van der Waals surface area contributed by atoms with Crippen molar-refractivity contribution in [1.82, 2.24) is 24.9 Å². The number of benzene rings is 1. The monoisotopic (exact) mass is 395 g/mol. The van der Waals surface area contributed by atoms with E-state index in [0.29, 0.717) is 12.5 Å². The highest BCUT2D eigenvalue weighted by Gasteiger charge is 2.26. The van der Waals surface area contributed by atoms with Crippen molar-refractivity contribution in [2.75, 3.05) is 26.8 Å². The highest BCUT2D eigenvalue weighted by atomic mass is 16.5. The second-order valence-corrected chi connectivity index (χ2v) is 7.67. The van der Waals surface area contributed by atoms with E-state index in [2.05, 4.69) is 33.2 Å². The second kappa shape index (κ2) is 8.69. The van der Waals surface area contributed by atoms with Gasteiger partial charge in [-0.3, -0.25) is 14.7 Å². The molecule has 0 saturated carbocycles. The van der Waals surface area contributed by atoms with Crippen LogP contribution in [0.15, 0.2) is 36.5 Å². The van der Waals surface area contributed by atoms with Gasteiger partial charge in [-0.15, -0.1) is 0 Å². The summed E-state index contributed by atoms with van der Waals surface area (Å²) in [4.78, 5) is 2.49. The van der Waals surface area contributed by atoms with E-state index >= 15 is 0 Å². The summed E-state index contributed by atoms with van der Waals surface area (Å²) >= 11 is 0. The van der Waals surface area contributed by atoms with Crippen LogP contribution in [0, 0.1) is 6.92 Å².